The zero-order valence-electron chi connectivity index (χ0n) is 12.6. The van der Waals surface area contributed by atoms with Crippen molar-refractivity contribution in [3.8, 4) is 0 Å². The van der Waals surface area contributed by atoms with E-state index in [9.17, 15) is 13.2 Å². The fourth-order valence-corrected chi connectivity index (χ4v) is 3.76. The lowest BCUT2D eigenvalue weighted by Crippen LogP contribution is -2.46. The van der Waals surface area contributed by atoms with Crippen molar-refractivity contribution in [2.24, 2.45) is 5.92 Å². The largest absolute Gasteiger partial charge is 0.480 e. The highest BCUT2D eigenvalue weighted by molar-refractivity contribution is 7.89. The van der Waals surface area contributed by atoms with Crippen molar-refractivity contribution in [1.29, 1.82) is 0 Å². The second-order valence-corrected chi connectivity index (χ2v) is 7.21. The van der Waals surface area contributed by atoms with Gasteiger partial charge in [-0.2, -0.15) is 0 Å². The maximum atomic E-state index is 12.2. The van der Waals surface area contributed by atoms with Crippen molar-refractivity contribution in [2.75, 3.05) is 5.75 Å². The molecule has 3 atom stereocenters. The van der Waals surface area contributed by atoms with Crippen LogP contribution in [0.5, 0.6) is 0 Å². The molecule has 6 heteroatoms. The molecule has 5 nitrogen and oxygen atoms in total. The Morgan fingerprint density at radius 2 is 1.81 bits per heavy atom. The first-order valence-corrected chi connectivity index (χ1v) is 8.69. The molecule has 0 aromatic heterocycles. The van der Waals surface area contributed by atoms with Gasteiger partial charge in [0.25, 0.3) is 0 Å². The number of carboxylic acids is 1. The molecule has 0 amide bonds. The lowest BCUT2D eigenvalue weighted by Gasteiger charge is -2.21. The molecule has 0 saturated heterocycles. The summed E-state index contributed by atoms with van der Waals surface area (Å²) < 4.78 is 26.7. The molecule has 1 aromatic rings. The van der Waals surface area contributed by atoms with Crippen LogP contribution in [0.1, 0.15) is 38.7 Å². The minimum Gasteiger partial charge on any atom is -0.480 e. The van der Waals surface area contributed by atoms with Gasteiger partial charge in [-0.05, 0) is 17.4 Å². The molecule has 0 aliphatic carbocycles. The SMILES string of the molecule is CC[C@H](C)[C@H](NS(=O)(=O)CC(C)c1ccccc1)C(=O)O. The molecule has 0 heterocycles. The summed E-state index contributed by atoms with van der Waals surface area (Å²) in [4.78, 5) is 11.2. The van der Waals surface area contributed by atoms with Gasteiger partial charge in [-0.25, -0.2) is 13.1 Å². The Hall–Kier alpha value is -1.40. The summed E-state index contributed by atoms with van der Waals surface area (Å²) in [7, 11) is -3.66. The van der Waals surface area contributed by atoms with Crippen LogP contribution in [0.4, 0.5) is 0 Å². The molecule has 1 rings (SSSR count). The third kappa shape index (κ3) is 5.47. The second kappa shape index (κ2) is 7.56. The van der Waals surface area contributed by atoms with E-state index in [-0.39, 0.29) is 17.6 Å². The summed E-state index contributed by atoms with van der Waals surface area (Å²) in [5.74, 6) is -1.73. The molecule has 0 fully saturated rings. The van der Waals surface area contributed by atoms with Gasteiger partial charge in [0, 0.05) is 0 Å². The predicted octanol–water partition coefficient (Wildman–Crippen LogP) is 2.21. The Bertz CT molecular complexity index is 556. The van der Waals surface area contributed by atoms with Crippen LogP contribution in [-0.4, -0.2) is 31.3 Å². The van der Waals surface area contributed by atoms with E-state index in [0.717, 1.165) is 5.56 Å². The molecule has 0 aliphatic heterocycles. The summed E-state index contributed by atoms with van der Waals surface area (Å²) in [6.45, 7) is 5.37. The highest BCUT2D eigenvalue weighted by Gasteiger charge is 2.29. The minimum atomic E-state index is -3.66. The highest BCUT2D eigenvalue weighted by Crippen LogP contribution is 2.17. The normalized spacial score (nSPS) is 16.1. The third-order valence-electron chi connectivity index (χ3n) is 3.62. The maximum Gasteiger partial charge on any atom is 0.322 e. The number of aliphatic carboxylic acids is 1. The number of nitrogens with one attached hydrogen (secondary N) is 1. The monoisotopic (exact) mass is 313 g/mol. The first-order valence-electron chi connectivity index (χ1n) is 7.04. The van der Waals surface area contributed by atoms with E-state index in [1.54, 1.807) is 6.92 Å². The zero-order chi connectivity index (χ0) is 16.0. The van der Waals surface area contributed by atoms with Crippen LogP contribution < -0.4 is 4.72 Å². The molecule has 21 heavy (non-hydrogen) atoms. The number of carboxylic acid groups (broad SMARTS) is 1. The molecule has 0 bridgehead atoms. The average molecular weight is 313 g/mol. The van der Waals surface area contributed by atoms with Crippen LogP contribution in [0.25, 0.3) is 0 Å². The number of sulfonamides is 1. The Morgan fingerprint density at radius 3 is 2.29 bits per heavy atom. The fourth-order valence-electron chi connectivity index (χ4n) is 2.09. The van der Waals surface area contributed by atoms with E-state index < -0.39 is 22.0 Å². The molecule has 0 saturated carbocycles. The third-order valence-corrected chi connectivity index (χ3v) is 5.18. The number of rotatable bonds is 8. The van der Waals surface area contributed by atoms with Crippen molar-refractivity contribution in [3.05, 3.63) is 35.9 Å². The van der Waals surface area contributed by atoms with Crippen LogP contribution in [0.2, 0.25) is 0 Å². The fraction of sp³-hybridized carbons (Fsp3) is 0.533. The molecule has 0 radical (unpaired) electrons. The van der Waals surface area contributed by atoms with Gasteiger partial charge in [-0.3, -0.25) is 4.79 Å². The van der Waals surface area contributed by atoms with Crippen molar-refractivity contribution < 1.29 is 18.3 Å². The first-order chi connectivity index (χ1) is 9.76. The standard InChI is InChI=1S/C15H23NO4S/c1-4-11(2)14(15(17)18)16-21(19,20)10-12(3)13-8-6-5-7-9-13/h5-9,11-12,14,16H,4,10H2,1-3H3,(H,17,18)/t11-,12?,14-/m0/s1. The van der Waals surface area contributed by atoms with Crippen LogP contribution in [0.15, 0.2) is 30.3 Å². The quantitative estimate of drug-likeness (QED) is 0.771. The summed E-state index contributed by atoms with van der Waals surface area (Å²) in [6, 6.07) is 8.22. The van der Waals surface area contributed by atoms with E-state index in [1.807, 2.05) is 44.2 Å². The van der Waals surface area contributed by atoms with Crippen LogP contribution >= 0.6 is 0 Å². The zero-order valence-corrected chi connectivity index (χ0v) is 13.4. The minimum absolute atomic E-state index is 0.128. The van der Waals surface area contributed by atoms with Gasteiger partial charge in [0.1, 0.15) is 6.04 Å². The van der Waals surface area contributed by atoms with Gasteiger partial charge in [-0.15, -0.1) is 0 Å². The van der Waals surface area contributed by atoms with Gasteiger partial charge >= 0.3 is 5.97 Å². The molecule has 1 unspecified atom stereocenters. The van der Waals surface area contributed by atoms with E-state index in [4.69, 9.17) is 5.11 Å². The number of hydrogen-bond donors (Lipinski definition) is 2. The Labute approximate surface area is 126 Å². The Balaban J connectivity index is 2.79. The molecular weight excluding hydrogens is 290 g/mol. The molecule has 118 valence electrons. The van der Waals surface area contributed by atoms with Gasteiger partial charge in [-0.1, -0.05) is 57.5 Å². The number of benzene rings is 1. The highest BCUT2D eigenvalue weighted by atomic mass is 32.2. The predicted molar refractivity (Wildman–Crippen MR) is 82.7 cm³/mol. The second-order valence-electron chi connectivity index (χ2n) is 5.41. The van der Waals surface area contributed by atoms with E-state index >= 15 is 0 Å². The summed E-state index contributed by atoms with van der Waals surface area (Å²) in [5.41, 5.74) is 0.915. The summed E-state index contributed by atoms with van der Waals surface area (Å²) >= 11 is 0. The van der Waals surface area contributed by atoms with Crippen molar-refractivity contribution in [2.45, 2.75) is 39.2 Å². The first kappa shape index (κ1) is 17.7. The van der Waals surface area contributed by atoms with Crippen LogP contribution in [0, 0.1) is 5.92 Å². The maximum absolute atomic E-state index is 12.2. The number of hydrogen-bond acceptors (Lipinski definition) is 3. The van der Waals surface area contributed by atoms with Crippen LogP contribution in [-0.2, 0) is 14.8 Å². The molecule has 0 spiro atoms. The van der Waals surface area contributed by atoms with E-state index in [0.29, 0.717) is 6.42 Å². The van der Waals surface area contributed by atoms with Crippen molar-refractivity contribution >= 4 is 16.0 Å². The van der Waals surface area contributed by atoms with Crippen molar-refractivity contribution in [3.63, 3.8) is 0 Å². The van der Waals surface area contributed by atoms with Gasteiger partial charge in [0.15, 0.2) is 0 Å². The number of carbonyl (C=O) groups is 1. The molecule has 1 aromatic carbocycles. The topological polar surface area (TPSA) is 83.5 Å². The molecule has 0 aliphatic rings. The molecule has 2 N–H and O–H groups in total. The van der Waals surface area contributed by atoms with E-state index in [2.05, 4.69) is 4.72 Å². The average Bonchev–Trinajstić information content (AvgIpc) is 2.44. The van der Waals surface area contributed by atoms with Crippen molar-refractivity contribution in [1.82, 2.24) is 4.72 Å². The Morgan fingerprint density at radius 1 is 1.24 bits per heavy atom. The van der Waals surface area contributed by atoms with Crippen LogP contribution in [0.3, 0.4) is 0 Å². The van der Waals surface area contributed by atoms with Gasteiger partial charge in [0.05, 0.1) is 5.75 Å². The van der Waals surface area contributed by atoms with Gasteiger partial charge in [0.2, 0.25) is 10.0 Å². The lowest BCUT2D eigenvalue weighted by atomic mass is 10.0. The Kier molecular flexibility index (Phi) is 6.36. The van der Waals surface area contributed by atoms with Gasteiger partial charge < -0.3 is 5.11 Å². The summed E-state index contributed by atoms with van der Waals surface area (Å²) in [5, 5.41) is 9.16. The molecular formula is C15H23NO4S. The smallest absolute Gasteiger partial charge is 0.322 e. The van der Waals surface area contributed by atoms with E-state index in [1.165, 1.54) is 0 Å². The lowest BCUT2D eigenvalue weighted by molar-refractivity contribution is -0.140. The summed E-state index contributed by atoms with van der Waals surface area (Å²) in [6.07, 6.45) is 0.591.